The topological polar surface area (TPSA) is 12.0 Å². The van der Waals surface area contributed by atoms with E-state index in [0.717, 1.165) is 10.2 Å². The zero-order valence-electron chi connectivity index (χ0n) is 11.0. The summed E-state index contributed by atoms with van der Waals surface area (Å²) in [4.78, 5) is 0. The van der Waals surface area contributed by atoms with Gasteiger partial charge in [-0.25, -0.2) is 0 Å². The number of rotatable bonds is 3. The summed E-state index contributed by atoms with van der Waals surface area (Å²) in [5.41, 5.74) is 5.02. The molecule has 0 aliphatic rings. The Hall–Kier alpha value is -1.28. The van der Waals surface area contributed by atoms with Crippen LogP contribution in [0.5, 0.6) is 0 Å². The first-order valence-electron chi connectivity index (χ1n) is 6.15. The standard InChI is InChI=1S/C16H18BrN/c1-11-5-4-6-14(9-11)13(3)18-15-7-8-16(17)12(2)10-15/h4-10,13,18H,1-3H3. The Morgan fingerprint density at radius 1 is 1.06 bits per heavy atom. The predicted octanol–water partition coefficient (Wildman–Crippen LogP) is 5.24. The Morgan fingerprint density at radius 3 is 2.50 bits per heavy atom. The summed E-state index contributed by atoms with van der Waals surface area (Å²) in [6.07, 6.45) is 0. The van der Waals surface area contributed by atoms with E-state index in [4.69, 9.17) is 0 Å². The van der Waals surface area contributed by atoms with Crippen LogP contribution in [0.15, 0.2) is 46.9 Å². The normalized spacial score (nSPS) is 12.2. The summed E-state index contributed by atoms with van der Waals surface area (Å²) < 4.78 is 1.15. The first kappa shape index (κ1) is 13.2. The molecule has 0 saturated carbocycles. The molecule has 1 N–H and O–H groups in total. The van der Waals surface area contributed by atoms with Crippen LogP contribution in [0.3, 0.4) is 0 Å². The van der Waals surface area contributed by atoms with E-state index in [1.54, 1.807) is 0 Å². The highest BCUT2D eigenvalue weighted by Gasteiger charge is 2.06. The summed E-state index contributed by atoms with van der Waals surface area (Å²) in [6.45, 7) is 6.42. The summed E-state index contributed by atoms with van der Waals surface area (Å²) in [6, 6.07) is 15.3. The number of hydrogen-bond acceptors (Lipinski definition) is 1. The maximum atomic E-state index is 3.53. The highest BCUT2D eigenvalue weighted by Crippen LogP contribution is 2.24. The van der Waals surface area contributed by atoms with Crippen LogP contribution >= 0.6 is 15.9 Å². The molecule has 0 aliphatic carbocycles. The van der Waals surface area contributed by atoms with Crippen LogP contribution in [-0.4, -0.2) is 0 Å². The van der Waals surface area contributed by atoms with Gasteiger partial charge in [0, 0.05) is 16.2 Å². The van der Waals surface area contributed by atoms with Crippen molar-refractivity contribution in [3.8, 4) is 0 Å². The molecule has 0 aliphatic heterocycles. The van der Waals surface area contributed by atoms with Gasteiger partial charge in [0.1, 0.15) is 0 Å². The van der Waals surface area contributed by atoms with Gasteiger partial charge in [-0.2, -0.15) is 0 Å². The minimum atomic E-state index is 0.311. The van der Waals surface area contributed by atoms with E-state index < -0.39 is 0 Å². The highest BCUT2D eigenvalue weighted by atomic mass is 79.9. The van der Waals surface area contributed by atoms with Crippen molar-refractivity contribution in [1.29, 1.82) is 0 Å². The zero-order valence-corrected chi connectivity index (χ0v) is 12.6. The summed E-state index contributed by atoms with van der Waals surface area (Å²) >= 11 is 3.52. The molecule has 0 spiro atoms. The van der Waals surface area contributed by atoms with Gasteiger partial charge in [0.25, 0.3) is 0 Å². The molecule has 1 atom stereocenters. The average Bonchev–Trinajstić information content (AvgIpc) is 2.34. The molecule has 2 aromatic carbocycles. The summed E-state index contributed by atoms with van der Waals surface area (Å²) in [7, 11) is 0. The lowest BCUT2D eigenvalue weighted by atomic mass is 10.1. The zero-order chi connectivity index (χ0) is 13.1. The number of aryl methyl sites for hydroxylation is 2. The Morgan fingerprint density at radius 2 is 1.83 bits per heavy atom. The van der Waals surface area contributed by atoms with E-state index in [1.165, 1.54) is 16.7 Å². The van der Waals surface area contributed by atoms with Crippen LogP contribution in [0.2, 0.25) is 0 Å². The Balaban J connectivity index is 2.16. The molecule has 1 unspecified atom stereocenters. The fourth-order valence-corrected chi connectivity index (χ4v) is 2.25. The monoisotopic (exact) mass is 303 g/mol. The third-order valence-corrected chi connectivity index (χ3v) is 3.97. The quantitative estimate of drug-likeness (QED) is 0.817. The highest BCUT2D eigenvalue weighted by molar-refractivity contribution is 9.10. The first-order valence-corrected chi connectivity index (χ1v) is 6.95. The number of halogens is 1. The van der Waals surface area contributed by atoms with Gasteiger partial charge in [0.15, 0.2) is 0 Å². The van der Waals surface area contributed by atoms with Crippen molar-refractivity contribution in [2.75, 3.05) is 5.32 Å². The van der Waals surface area contributed by atoms with E-state index in [1.807, 2.05) is 0 Å². The lowest BCUT2D eigenvalue weighted by Crippen LogP contribution is -2.06. The minimum absolute atomic E-state index is 0.311. The van der Waals surface area contributed by atoms with Gasteiger partial charge in [-0.1, -0.05) is 45.8 Å². The second-order valence-corrected chi connectivity index (χ2v) is 5.60. The lowest BCUT2D eigenvalue weighted by Gasteiger charge is -2.17. The van der Waals surface area contributed by atoms with Crippen LogP contribution in [0.4, 0.5) is 5.69 Å². The first-order chi connectivity index (χ1) is 8.56. The molecule has 1 nitrogen and oxygen atoms in total. The average molecular weight is 304 g/mol. The number of hydrogen-bond donors (Lipinski definition) is 1. The lowest BCUT2D eigenvalue weighted by molar-refractivity contribution is 0.882. The molecule has 0 bridgehead atoms. The van der Waals surface area contributed by atoms with Crippen molar-refractivity contribution < 1.29 is 0 Å². The number of nitrogens with one attached hydrogen (secondary N) is 1. The maximum Gasteiger partial charge on any atom is 0.0485 e. The largest absolute Gasteiger partial charge is 0.379 e. The van der Waals surface area contributed by atoms with Crippen molar-refractivity contribution in [1.82, 2.24) is 0 Å². The predicted molar refractivity (Wildman–Crippen MR) is 82.1 cm³/mol. The van der Waals surface area contributed by atoms with Crippen LogP contribution < -0.4 is 5.32 Å². The molecular weight excluding hydrogens is 286 g/mol. The van der Waals surface area contributed by atoms with E-state index in [0.29, 0.717) is 6.04 Å². The smallest absolute Gasteiger partial charge is 0.0485 e. The molecule has 94 valence electrons. The molecule has 0 aromatic heterocycles. The molecule has 0 radical (unpaired) electrons. The third kappa shape index (κ3) is 3.14. The van der Waals surface area contributed by atoms with Crippen LogP contribution in [0.1, 0.15) is 29.7 Å². The molecule has 2 rings (SSSR count). The summed E-state index contributed by atoms with van der Waals surface area (Å²) in [5, 5.41) is 3.53. The van der Waals surface area contributed by atoms with Crippen LogP contribution in [0.25, 0.3) is 0 Å². The van der Waals surface area contributed by atoms with E-state index in [9.17, 15) is 0 Å². The van der Waals surface area contributed by atoms with E-state index >= 15 is 0 Å². The Labute approximate surface area is 117 Å². The van der Waals surface area contributed by atoms with Gasteiger partial charge in [-0.05, 0) is 50.1 Å². The molecular formula is C16H18BrN. The third-order valence-electron chi connectivity index (χ3n) is 3.08. The van der Waals surface area contributed by atoms with Gasteiger partial charge in [-0.15, -0.1) is 0 Å². The van der Waals surface area contributed by atoms with Crippen LogP contribution in [0, 0.1) is 13.8 Å². The molecule has 0 fully saturated rings. The van der Waals surface area contributed by atoms with Crippen molar-refractivity contribution in [2.24, 2.45) is 0 Å². The van der Waals surface area contributed by atoms with Gasteiger partial charge in [0.05, 0.1) is 0 Å². The SMILES string of the molecule is Cc1cccc(C(C)Nc2ccc(Br)c(C)c2)c1. The van der Waals surface area contributed by atoms with Crippen molar-refractivity contribution >= 4 is 21.6 Å². The Kier molecular flexibility index (Phi) is 4.07. The van der Waals surface area contributed by atoms with E-state index in [2.05, 4.69) is 84.5 Å². The molecule has 0 heterocycles. The molecule has 0 saturated heterocycles. The van der Waals surface area contributed by atoms with Gasteiger partial charge in [-0.3, -0.25) is 0 Å². The van der Waals surface area contributed by atoms with Gasteiger partial charge < -0.3 is 5.32 Å². The fourth-order valence-electron chi connectivity index (χ4n) is 2.01. The molecule has 18 heavy (non-hydrogen) atoms. The van der Waals surface area contributed by atoms with Crippen LogP contribution in [-0.2, 0) is 0 Å². The van der Waals surface area contributed by atoms with Crippen molar-refractivity contribution in [3.05, 3.63) is 63.6 Å². The second kappa shape index (κ2) is 5.57. The van der Waals surface area contributed by atoms with Crippen molar-refractivity contribution in [2.45, 2.75) is 26.8 Å². The summed E-state index contributed by atoms with van der Waals surface area (Å²) in [5.74, 6) is 0. The van der Waals surface area contributed by atoms with E-state index in [-0.39, 0.29) is 0 Å². The van der Waals surface area contributed by atoms with Crippen molar-refractivity contribution in [3.63, 3.8) is 0 Å². The maximum absolute atomic E-state index is 3.53. The van der Waals surface area contributed by atoms with Gasteiger partial charge in [0.2, 0.25) is 0 Å². The minimum Gasteiger partial charge on any atom is -0.379 e. The van der Waals surface area contributed by atoms with Gasteiger partial charge >= 0.3 is 0 Å². The fraction of sp³-hybridized carbons (Fsp3) is 0.250. The Bertz CT molecular complexity index is 549. The second-order valence-electron chi connectivity index (χ2n) is 4.74. The number of anilines is 1. The molecule has 2 aromatic rings. The molecule has 0 amide bonds. The molecule has 2 heteroatoms. The number of benzene rings is 2.